The van der Waals surface area contributed by atoms with Crippen molar-refractivity contribution >= 4 is 17.1 Å². The number of anilines is 3. The number of hydrogen-bond donors (Lipinski definition) is 2. The van der Waals surface area contributed by atoms with Crippen LogP contribution in [-0.4, -0.2) is 77.1 Å². The number of rotatable bonds is 16. The summed E-state index contributed by atoms with van der Waals surface area (Å²) in [6.07, 6.45) is 2.11. The first-order chi connectivity index (χ1) is 34.1. The number of methoxy groups -OCH3 is 9. The van der Waals surface area contributed by atoms with Crippen LogP contribution in [0.1, 0.15) is 55.6 Å². The predicted molar refractivity (Wildman–Crippen MR) is 270 cm³/mol. The Morgan fingerprint density at radius 2 is 0.614 bits per heavy atom. The molecule has 17 rings (SSSR count). The molecule has 14 nitrogen and oxygen atoms in total. The van der Waals surface area contributed by atoms with E-state index in [9.17, 15) is 9.59 Å². The maximum Gasteiger partial charge on any atom is 0.253 e. The van der Waals surface area contributed by atoms with Gasteiger partial charge in [0.05, 0.1) is 64.0 Å². The molecule has 0 aromatic heterocycles. The molecule has 10 bridgehead atoms. The molecule has 0 amide bonds. The van der Waals surface area contributed by atoms with Gasteiger partial charge in [-0.05, 0) is 72.8 Å². The Kier molecular flexibility index (Phi) is 14.9. The summed E-state index contributed by atoms with van der Waals surface area (Å²) in [5, 5.41) is 6.20. The van der Waals surface area contributed by atoms with Crippen LogP contribution in [0.15, 0.2) is 101 Å². The third-order valence-corrected chi connectivity index (χ3v) is 12.7. The van der Waals surface area contributed by atoms with Crippen molar-refractivity contribution in [3.05, 3.63) is 167 Å². The summed E-state index contributed by atoms with van der Waals surface area (Å²) >= 11 is 0. The zero-order valence-electron chi connectivity index (χ0n) is 41.0. The van der Waals surface area contributed by atoms with Gasteiger partial charge in [-0.25, -0.2) is 0 Å². The lowest BCUT2D eigenvalue weighted by Crippen LogP contribution is -2.37. The minimum absolute atomic E-state index is 0.146. The van der Waals surface area contributed by atoms with Crippen molar-refractivity contribution in [3.63, 3.8) is 0 Å². The van der Waals surface area contributed by atoms with E-state index in [2.05, 4.69) is 10.6 Å². The van der Waals surface area contributed by atoms with Crippen LogP contribution in [0.5, 0.6) is 57.5 Å². The highest BCUT2D eigenvalue weighted by Gasteiger charge is 2.24. The predicted octanol–water partition coefficient (Wildman–Crippen LogP) is 8.86. The van der Waals surface area contributed by atoms with Crippen LogP contribution in [0.3, 0.4) is 0 Å². The molecule has 70 heavy (non-hydrogen) atoms. The van der Waals surface area contributed by atoms with Crippen molar-refractivity contribution < 1.29 is 47.4 Å². The van der Waals surface area contributed by atoms with E-state index < -0.39 is 10.9 Å². The van der Waals surface area contributed by atoms with Crippen molar-refractivity contribution in [2.24, 2.45) is 0 Å². The van der Waals surface area contributed by atoms with Crippen LogP contribution in [0.2, 0.25) is 0 Å². The van der Waals surface area contributed by atoms with Crippen molar-refractivity contribution in [3.8, 4) is 57.5 Å². The van der Waals surface area contributed by atoms with Gasteiger partial charge in [-0.1, -0.05) is 18.2 Å². The zero-order valence-corrected chi connectivity index (χ0v) is 41.0. The van der Waals surface area contributed by atoms with Gasteiger partial charge in [-0.3, -0.25) is 9.59 Å². The Morgan fingerprint density at radius 1 is 0.357 bits per heavy atom. The minimum atomic E-state index is -0.587. The number of hydrogen-bond acceptors (Lipinski definition) is 14. The first kappa shape index (κ1) is 48.5. The SMILES string of the molecule is COc1cc2c(OC)cc1Cc1cc(OC)c(cc1OC)Cc1cc(OC)c(cc1OC)Cc1cc(OC)c(cc1OCCNc1c(Nc3ccccc3)c(=O)c1=O)Cc1cc(OC)c(cc1OC)C2. The number of ether oxygens (including phenoxy) is 10. The van der Waals surface area contributed by atoms with E-state index in [4.69, 9.17) is 47.4 Å². The smallest absolute Gasteiger partial charge is 0.253 e. The second-order valence-electron chi connectivity index (χ2n) is 16.7. The van der Waals surface area contributed by atoms with Crippen LogP contribution in [0, 0.1) is 0 Å². The van der Waals surface area contributed by atoms with Gasteiger partial charge in [0.2, 0.25) is 0 Å². The minimum Gasteiger partial charge on any atom is -0.496 e. The topological polar surface area (TPSA) is 150 Å². The van der Waals surface area contributed by atoms with Crippen LogP contribution in [-0.2, 0) is 32.1 Å². The summed E-state index contributed by atoms with van der Waals surface area (Å²) in [5.41, 5.74) is 8.58. The third-order valence-electron chi connectivity index (χ3n) is 12.7. The Hall–Kier alpha value is -8.00. The average Bonchev–Trinajstić information content (AvgIpc) is 3.39. The standard InChI is InChI=1S/C56H58N2O12/c1-61-43-24-34-18-36-26-48(66-6)38(28-47(36)65-5)20-40-31-52(70-16-15-57-53-54(56(60)55(53)59)58-42-13-11-10-12-14-42)41(30-51(40)69-9)21-39-29-49(67-7)37(27-50(39)68-8)19-35-25-45(63-3)33(23-46(35)64-4)17-32(43)22-44(34)62-2/h10-14,22-31,57-58H,15-21H2,1-9H3. The molecule has 10 aliphatic rings. The summed E-state index contributed by atoms with van der Waals surface area (Å²) < 4.78 is 61.1. The van der Waals surface area contributed by atoms with E-state index in [1.807, 2.05) is 91.0 Å². The largest absolute Gasteiger partial charge is 0.496 e. The number of benzene rings is 6. The van der Waals surface area contributed by atoms with Crippen LogP contribution >= 0.6 is 0 Å². The van der Waals surface area contributed by atoms with Gasteiger partial charge in [0.25, 0.3) is 10.9 Å². The summed E-state index contributed by atoms with van der Waals surface area (Å²) in [4.78, 5) is 25.3. The first-order valence-electron chi connectivity index (χ1n) is 22.7. The Morgan fingerprint density at radius 3 is 0.900 bits per heavy atom. The molecule has 0 saturated carbocycles. The average molecular weight is 951 g/mol. The molecule has 2 N–H and O–H groups in total. The van der Waals surface area contributed by atoms with Gasteiger partial charge in [0.15, 0.2) is 0 Å². The van der Waals surface area contributed by atoms with E-state index in [-0.39, 0.29) is 24.5 Å². The zero-order chi connectivity index (χ0) is 49.5. The molecule has 0 aliphatic heterocycles. The molecular formula is C56H58N2O12. The lowest BCUT2D eigenvalue weighted by Gasteiger charge is -2.21. The lowest BCUT2D eigenvalue weighted by atomic mass is 9.94. The number of nitrogens with one attached hydrogen (secondary N) is 2. The lowest BCUT2D eigenvalue weighted by molar-refractivity contribution is 0.327. The molecule has 0 saturated heterocycles. The molecule has 0 fully saturated rings. The van der Waals surface area contributed by atoms with E-state index in [0.717, 1.165) is 55.6 Å². The quantitative estimate of drug-likeness (QED) is 0.0701. The van der Waals surface area contributed by atoms with Crippen molar-refractivity contribution in [1.82, 2.24) is 0 Å². The maximum atomic E-state index is 12.7. The Bertz CT molecular complexity index is 3080. The summed E-state index contributed by atoms with van der Waals surface area (Å²) in [6.45, 7) is 0.370. The number of para-hydroxylation sites is 1. The molecule has 10 aliphatic carbocycles. The van der Waals surface area contributed by atoms with Crippen LogP contribution < -0.4 is 68.9 Å². The molecule has 0 heterocycles. The highest BCUT2D eigenvalue weighted by Crippen LogP contribution is 2.42. The van der Waals surface area contributed by atoms with Gasteiger partial charge in [-0.2, -0.15) is 0 Å². The molecule has 7 aromatic carbocycles. The van der Waals surface area contributed by atoms with Gasteiger partial charge in [-0.15, -0.1) is 0 Å². The monoisotopic (exact) mass is 950 g/mol. The Labute approximate surface area is 407 Å². The molecular weight excluding hydrogens is 893 g/mol. The molecule has 0 unspecified atom stereocenters. The van der Waals surface area contributed by atoms with Gasteiger partial charge < -0.3 is 58.0 Å². The second-order valence-corrected chi connectivity index (χ2v) is 16.7. The molecule has 0 atom stereocenters. The molecule has 0 radical (unpaired) electrons. The highest BCUT2D eigenvalue weighted by molar-refractivity contribution is 5.78. The fourth-order valence-electron chi connectivity index (χ4n) is 9.16. The molecule has 364 valence electrons. The molecule has 14 heteroatoms. The second kappa shape index (κ2) is 21.5. The van der Waals surface area contributed by atoms with Gasteiger partial charge in [0, 0.05) is 100.0 Å². The van der Waals surface area contributed by atoms with Crippen LogP contribution in [0.4, 0.5) is 17.1 Å². The summed E-state index contributed by atoms with van der Waals surface area (Å²) in [7, 11) is 14.8. The van der Waals surface area contributed by atoms with Gasteiger partial charge >= 0.3 is 0 Å². The summed E-state index contributed by atoms with van der Waals surface area (Å²) in [5.74, 6) is 6.51. The maximum absolute atomic E-state index is 12.7. The Balaban J connectivity index is 1.25. The van der Waals surface area contributed by atoms with E-state index >= 15 is 0 Å². The molecule has 0 spiro atoms. The van der Waals surface area contributed by atoms with Crippen LogP contribution in [0.25, 0.3) is 0 Å². The fourth-order valence-corrected chi connectivity index (χ4v) is 9.16. The normalized spacial score (nSPS) is 12.0. The van der Waals surface area contributed by atoms with E-state index in [1.54, 1.807) is 64.0 Å². The fraction of sp³-hybridized carbons (Fsp3) is 0.286. The molecule has 7 aromatic rings. The third kappa shape index (κ3) is 9.93. The van der Waals surface area contributed by atoms with E-state index in [1.165, 1.54) is 0 Å². The van der Waals surface area contributed by atoms with Crippen molar-refractivity contribution in [2.75, 3.05) is 87.8 Å². The van der Waals surface area contributed by atoms with Crippen molar-refractivity contribution in [1.29, 1.82) is 0 Å². The van der Waals surface area contributed by atoms with Crippen molar-refractivity contribution in [2.45, 2.75) is 32.1 Å². The van der Waals surface area contributed by atoms with E-state index in [0.29, 0.717) is 95.3 Å². The first-order valence-corrected chi connectivity index (χ1v) is 22.7. The van der Waals surface area contributed by atoms with Gasteiger partial charge in [0.1, 0.15) is 75.5 Å². The highest BCUT2D eigenvalue weighted by atomic mass is 16.5. The summed E-state index contributed by atoms with van der Waals surface area (Å²) in [6, 6.07) is 29.1.